The Morgan fingerprint density at radius 1 is 1.08 bits per heavy atom. The predicted molar refractivity (Wildman–Crippen MR) is 94.4 cm³/mol. The van der Waals surface area contributed by atoms with Crippen LogP contribution < -0.4 is 9.47 Å². The molecular weight excluding hydrogens is 302 g/mol. The first-order valence-electron chi connectivity index (χ1n) is 9.24. The van der Waals surface area contributed by atoms with Crippen LogP contribution in [0, 0.1) is 5.92 Å². The van der Waals surface area contributed by atoms with E-state index in [0.717, 1.165) is 48.8 Å². The molecule has 1 aliphatic heterocycles. The van der Waals surface area contributed by atoms with Gasteiger partial charge in [-0.05, 0) is 42.9 Å². The number of carbonyl (C=O) groups is 1. The highest BCUT2D eigenvalue weighted by Gasteiger charge is 2.30. The summed E-state index contributed by atoms with van der Waals surface area (Å²) in [6.45, 7) is 0.877. The van der Waals surface area contributed by atoms with Crippen LogP contribution in [0.5, 0.6) is 11.5 Å². The summed E-state index contributed by atoms with van der Waals surface area (Å²) < 4.78 is 10.7. The first-order chi connectivity index (χ1) is 11.7. The summed E-state index contributed by atoms with van der Waals surface area (Å²) >= 11 is 0. The minimum atomic E-state index is 0.181. The zero-order valence-corrected chi connectivity index (χ0v) is 14.9. The van der Waals surface area contributed by atoms with Crippen molar-refractivity contribution in [2.45, 2.75) is 57.4 Å². The van der Waals surface area contributed by atoms with E-state index in [0.29, 0.717) is 12.3 Å². The third kappa shape index (κ3) is 3.68. The highest BCUT2D eigenvalue weighted by atomic mass is 16.5. The molecular formula is C20H29NO3. The summed E-state index contributed by atoms with van der Waals surface area (Å²) in [7, 11) is 3.30. The van der Waals surface area contributed by atoms with Crippen LogP contribution in [-0.2, 0) is 4.79 Å². The molecule has 0 bridgehead atoms. The van der Waals surface area contributed by atoms with Gasteiger partial charge in [0.05, 0.1) is 20.3 Å². The van der Waals surface area contributed by atoms with Crippen molar-refractivity contribution in [3.05, 3.63) is 23.8 Å². The van der Waals surface area contributed by atoms with E-state index in [-0.39, 0.29) is 6.04 Å². The maximum Gasteiger partial charge on any atom is 0.223 e. The van der Waals surface area contributed by atoms with Gasteiger partial charge in [-0.2, -0.15) is 0 Å². The third-order valence-electron chi connectivity index (χ3n) is 5.61. The Morgan fingerprint density at radius 3 is 2.54 bits per heavy atom. The zero-order valence-electron chi connectivity index (χ0n) is 14.9. The number of hydrogen-bond donors (Lipinski definition) is 0. The number of nitrogens with zero attached hydrogens (tertiary/aromatic N) is 1. The second-order valence-corrected chi connectivity index (χ2v) is 7.05. The molecule has 1 saturated carbocycles. The number of amides is 1. The Bertz CT molecular complexity index is 566. The molecule has 24 heavy (non-hydrogen) atoms. The summed E-state index contributed by atoms with van der Waals surface area (Å²) in [4.78, 5) is 14.8. The molecule has 0 radical (unpaired) electrons. The maximum absolute atomic E-state index is 12.7. The van der Waals surface area contributed by atoms with Crippen molar-refractivity contribution >= 4 is 5.91 Å². The van der Waals surface area contributed by atoms with Crippen LogP contribution in [0.15, 0.2) is 18.2 Å². The van der Waals surface area contributed by atoms with Gasteiger partial charge < -0.3 is 14.4 Å². The molecule has 1 aliphatic carbocycles. The van der Waals surface area contributed by atoms with Gasteiger partial charge in [-0.15, -0.1) is 0 Å². The lowest BCUT2D eigenvalue weighted by atomic mass is 10.0. The minimum absolute atomic E-state index is 0.181. The molecule has 0 aromatic heterocycles. The Morgan fingerprint density at radius 2 is 1.83 bits per heavy atom. The summed E-state index contributed by atoms with van der Waals surface area (Å²) in [5, 5.41) is 0. The van der Waals surface area contributed by atoms with Crippen LogP contribution >= 0.6 is 0 Å². The lowest BCUT2D eigenvalue weighted by Crippen LogP contribution is -2.30. The summed E-state index contributed by atoms with van der Waals surface area (Å²) in [5.41, 5.74) is 1.15. The number of hydrogen-bond acceptors (Lipinski definition) is 3. The van der Waals surface area contributed by atoms with Gasteiger partial charge in [0.1, 0.15) is 0 Å². The molecule has 132 valence electrons. The molecule has 2 aliphatic rings. The fraction of sp³-hybridized carbons (Fsp3) is 0.650. The van der Waals surface area contributed by atoms with E-state index in [4.69, 9.17) is 9.47 Å². The third-order valence-corrected chi connectivity index (χ3v) is 5.61. The van der Waals surface area contributed by atoms with E-state index >= 15 is 0 Å². The quantitative estimate of drug-likeness (QED) is 0.778. The van der Waals surface area contributed by atoms with Crippen LogP contribution in [0.3, 0.4) is 0 Å². The zero-order chi connectivity index (χ0) is 16.9. The van der Waals surface area contributed by atoms with Crippen molar-refractivity contribution in [3.8, 4) is 11.5 Å². The van der Waals surface area contributed by atoms with Crippen molar-refractivity contribution in [1.29, 1.82) is 0 Å². The van der Waals surface area contributed by atoms with E-state index in [2.05, 4.69) is 11.0 Å². The van der Waals surface area contributed by atoms with Crippen LogP contribution in [0.4, 0.5) is 0 Å². The molecule has 0 N–H and O–H groups in total. The number of carbonyl (C=O) groups excluding carboxylic acids is 1. The number of methoxy groups -OCH3 is 2. The second kappa shape index (κ2) is 7.91. The Hall–Kier alpha value is -1.71. The predicted octanol–water partition coefficient (Wildman–Crippen LogP) is 4.34. The summed E-state index contributed by atoms with van der Waals surface area (Å²) in [5.74, 6) is 2.56. The molecule has 1 saturated heterocycles. The van der Waals surface area contributed by atoms with Gasteiger partial charge in [0, 0.05) is 13.0 Å². The fourth-order valence-corrected chi connectivity index (χ4v) is 4.24. The van der Waals surface area contributed by atoms with Crippen LogP contribution in [-0.4, -0.2) is 31.6 Å². The minimum Gasteiger partial charge on any atom is -0.493 e. The van der Waals surface area contributed by atoms with E-state index < -0.39 is 0 Å². The van der Waals surface area contributed by atoms with Gasteiger partial charge in [0.15, 0.2) is 11.5 Å². The molecule has 4 nitrogen and oxygen atoms in total. The van der Waals surface area contributed by atoms with Crippen LogP contribution in [0.2, 0.25) is 0 Å². The van der Waals surface area contributed by atoms with Crippen LogP contribution in [0.25, 0.3) is 0 Å². The first-order valence-corrected chi connectivity index (χ1v) is 9.24. The maximum atomic E-state index is 12.7. The fourth-order valence-electron chi connectivity index (χ4n) is 4.24. The van der Waals surface area contributed by atoms with Gasteiger partial charge in [0.25, 0.3) is 0 Å². The average Bonchev–Trinajstić information content (AvgIpc) is 3.30. The molecule has 1 aromatic carbocycles. The van der Waals surface area contributed by atoms with E-state index in [9.17, 15) is 4.79 Å². The molecule has 1 amide bonds. The average molecular weight is 331 g/mol. The van der Waals surface area contributed by atoms with Crippen LogP contribution in [0.1, 0.15) is 63.0 Å². The normalized spacial score (nSPS) is 21.2. The Labute approximate surface area is 145 Å². The SMILES string of the molecule is COc1ccc([C@@H]2CCCN2C(=O)CCC2CCCC2)cc1OC. The number of ether oxygens (including phenoxy) is 2. The lowest BCUT2D eigenvalue weighted by molar-refractivity contribution is -0.132. The molecule has 3 rings (SSSR count). The highest BCUT2D eigenvalue weighted by Crippen LogP contribution is 2.37. The summed E-state index contributed by atoms with van der Waals surface area (Å²) in [6, 6.07) is 6.20. The van der Waals surface area contributed by atoms with Gasteiger partial charge in [-0.25, -0.2) is 0 Å². The van der Waals surface area contributed by atoms with Gasteiger partial charge in [-0.1, -0.05) is 31.7 Å². The van der Waals surface area contributed by atoms with E-state index in [1.54, 1.807) is 14.2 Å². The number of rotatable bonds is 6. The van der Waals surface area contributed by atoms with Crippen molar-refractivity contribution in [2.24, 2.45) is 5.92 Å². The number of benzene rings is 1. The van der Waals surface area contributed by atoms with Gasteiger partial charge in [0.2, 0.25) is 5.91 Å². The monoisotopic (exact) mass is 331 g/mol. The Kier molecular flexibility index (Phi) is 5.64. The summed E-state index contributed by atoms with van der Waals surface area (Å²) in [6.07, 6.45) is 9.19. The smallest absolute Gasteiger partial charge is 0.223 e. The molecule has 0 spiro atoms. The molecule has 1 atom stereocenters. The van der Waals surface area contributed by atoms with Crippen molar-refractivity contribution < 1.29 is 14.3 Å². The molecule has 1 aromatic rings. The Balaban J connectivity index is 1.67. The molecule has 4 heteroatoms. The second-order valence-electron chi connectivity index (χ2n) is 7.05. The van der Waals surface area contributed by atoms with Crippen molar-refractivity contribution in [1.82, 2.24) is 4.90 Å². The largest absolute Gasteiger partial charge is 0.493 e. The molecule has 2 fully saturated rings. The molecule has 0 unspecified atom stereocenters. The van der Waals surface area contributed by atoms with Gasteiger partial charge >= 0.3 is 0 Å². The van der Waals surface area contributed by atoms with Gasteiger partial charge in [-0.3, -0.25) is 4.79 Å². The van der Waals surface area contributed by atoms with Crippen molar-refractivity contribution in [2.75, 3.05) is 20.8 Å². The topological polar surface area (TPSA) is 38.8 Å². The standard InChI is InChI=1S/C20H29NO3/c1-23-18-11-10-16(14-19(18)24-2)17-8-5-13-21(17)20(22)12-9-15-6-3-4-7-15/h10-11,14-15,17H,3-9,12-13H2,1-2H3/t17-/m0/s1. The lowest BCUT2D eigenvalue weighted by Gasteiger charge is -2.26. The van der Waals surface area contributed by atoms with E-state index in [1.807, 2.05) is 12.1 Å². The first kappa shape index (κ1) is 17.1. The molecule has 1 heterocycles. The van der Waals surface area contributed by atoms with E-state index in [1.165, 1.54) is 25.7 Å². The van der Waals surface area contributed by atoms with Crippen molar-refractivity contribution in [3.63, 3.8) is 0 Å². The number of likely N-dealkylation sites (tertiary alicyclic amines) is 1. The highest BCUT2D eigenvalue weighted by molar-refractivity contribution is 5.77.